The minimum atomic E-state index is -0.658. The summed E-state index contributed by atoms with van der Waals surface area (Å²) in [5, 5.41) is 23.1. The number of benzene rings is 2. The number of aliphatic hydroxyl groups is 2. The standard InChI is InChI=1S/C22H28N2O3.C2H6/c1-22(16-25,17-26)23-11-13-24-12-9-19-7-8-20(15-21(19)24)27-14-10-18-5-3-2-4-6-18;1-2/h2-9,12,15,23,25-26H,10-11,13-14,16-17H2,1H3;1-2H3. The van der Waals surface area contributed by atoms with Gasteiger partial charge in [0.1, 0.15) is 5.75 Å². The molecule has 2 aromatic carbocycles. The van der Waals surface area contributed by atoms with Crippen LogP contribution in [0, 0.1) is 0 Å². The maximum atomic E-state index is 9.37. The summed E-state index contributed by atoms with van der Waals surface area (Å²) < 4.78 is 8.10. The van der Waals surface area contributed by atoms with Crippen molar-refractivity contribution in [3.05, 3.63) is 66.4 Å². The first-order chi connectivity index (χ1) is 14.1. The van der Waals surface area contributed by atoms with Crippen molar-refractivity contribution in [2.75, 3.05) is 26.4 Å². The number of aromatic nitrogens is 1. The topological polar surface area (TPSA) is 66.7 Å². The van der Waals surface area contributed by atoms with Crippen molar-refractivity contribution in [1.82, 2.24) is 9.88 Å². The summed E-state index contributed by atoms with van der Waals surface area (Å²) in [6.07, 6.45) is 2.93. The lowest BCUT2D eigenvalue weighted by molar-refractivity contribution is 0.104. The van der Waals surface area contributed by atoms with Gasteiger partial charge in [-0.1, -0.05) is 44.2 Å². The van der Waals surface area contributed by atoms with Crippen LogP contribution in [0.5, 0.6) is 5.75 Å². The van der Waals surface area contributed by atoms with Crippen LogP contribution in [0.3, 0.4) is 0 Å². The van der Waals surface area contributed by atoms with Gasteiger partial charge in [0.25, 0.3) is 0 Å². The van der Waals surface area contributed by atoms with Gasteiger partial charge in [0.15, 0.2) is 0 Å². The fraction of sp³-hybridized carbons (Fsp3) is 0.417. The van der Waals surface area contributed by atoms with Gasteiger partial charge >= 0.3 is 0 Å². The van der Waals surface area contributed by atoms with Crippen LogP contribution in [0.25, 0.3) is 10.9 Å². The Morgan fingerprint density at radius 1 is 1.00 bits per heavy atom. The molecule has 3 aromatic rings. The van der Waals surface area contributed by atoms with E-state index in [2.05, 4.69) is 46.4 Å². The summed E-state index contributed by atoms with van der Waals surface area (Å²) in [6.45, 7) is 7.64. The van der Waals surface area contributed by atoms with Gasteiger partial charge in [-0.05, 0) is 36.1 Å². The van der Waals surface area contributed by atoms with Gasteiger partial charge in [-0.15, -0.1) is 0 Å². The third-order valence-electron chi connectivity index (χ3n) is 4.85. The van der Waals surface area contributed by atoms with Crippen molar-refractivity contribution in [2.24, 2.45) is 0 Å². The van der Waals surface area contributed by atoms with Gasteiger partial charge in [0.2, 0.25) is 0 Å². The van der Waals surface area contributed by atoms with Crippen molar-refractivity contribution in [3.8, 4) is 5.75 Å². The second-order valence-corrected chi connectivity index (χ2v) is 7.12. The van der Waals surface area contributed by atoms with E-state index < -0.39 is 5.54 Å². The van der Waals surface area contributed by atoms with Gasteiger partial charge in [-0.3, -0.25) is 0 Å². The summed E-state index contributed by atoms with van der Waals surface area (Å²) >= 11 is 0. The van der Waals surface area contributed by atoms with Crippen LogP contribution in [0.4, 0.5) is 0 Å². The molecule has 0 radical (unpaired) electrons. The van der Waals surface area contributed by atoms with Crippen LogP contribution in [-0.2, 0) is 13.0 Å². The molecule has 5 nitrogen and oxygen atoms in total. The fourth-order valence-corrected chi connectivity index (χ4v) is 3.02. The molecular weight excluding hydrogens is 364 g/mol. The molecule has 29 heavy (non-hydrogen) atoms. The Morgan fingerprint density at radius 2 is 1.72 bits per heavy atom. The first-order valence-electron chi connectivity index (χ1n) is 10.4. The SMILES string of the molecule is CC.CC(CO)(CO)NCCn1ccc2ccc(OCCc3ccccc3)cc21. The average molecular weight is 399 g/mol. The van der Waals surface area contributed by atoms with Gasteiger partial charge in [0.05, 0.1) is 30.9 Å². The van der Waals surface area contributed by atoms with E-state index in [4.69, 9.17) is 4.74 Å². The van der Waals surface area contributed by atoms with Crippen LogP contribution in [0.1, 0.15) is 26.3 Å². The minimum absolute atomic E-state index is 0.102. The van der Waals surface area contributed by atoms with Gasteiger partial charge in [-0.25, -0.2) is 0 Å². The largest absolute Gasteiger partial charge is 0.493 e. The van der Waals surface area contributed by atoms with E-state index in [-0.39, 0.29) is 13.2 Å². The van der Waals surface area contributed by atoms with Crippen LogP contribution in [0.2, 0.25) is 0 Å². The van der Waals surface area contributed by atoms with Crippen molar-refractivity contribution in [2.45, 2.75) is 39.3 Å². The highest BCUT2D eigenvalue weighted by atomic mass is 16.5. The monoisotopic (exact) mass is 398 g/mol. The molecule has 1 heterocycles. The van der Waals surface area contributed by atoms with E-state index in [9.17, 15) is 10.2 Å². The predicted molar refractivity (Wildman–Crippen MR) is 120 cm³/mol. The molecule has 0 spiro atoms. The molecule has 0 amide bonds. The molecular formula is C24H34N2O3. The van der Waals surface area contributed by atoms with Gasteiger partial charge in [-0.2, -0.15) is 0 Å². The molecule has 0 aliphatic carbocycles. The van der Waals surface area contributed by atoms with Crippen LogP contribution in [-0.4, -0.2) is 46.7 Å². The van der Waals surface area contributed by atoms with E-state index in [0.717, 1.165) is 29.6 Å². The Balaban J connectivity index is 0.00000145. The van der Waals surface area contributed by atoms with Crippen molar-refractivity contribution < 1.29 is 14.9 Å². The summed E-state index contributed by atoms with van der Waals surface area (Å²) in [5.74, 6) is 0.863. The second-order valence-electron chi connectivity index (χ2n) is 7.12. The molecule has 0 aliphatic heterocycles. The highest BCUT2D eigenvalue weighted by Crippen LogP contribution is 2.22. The number of hydrogen-bond donors (Lipinski definition) is 3. The number of nitrogens with one attached hydrogen (secondary N) is 1. The third-order valence-corrected chi connectivity index (χ3v) is 4.85. The molecule has 0 unspecified atom stereocenters. The Labute approximate surface area is 173 Å². The molecule has 0 atom stereocenters. The van der Waals surface area contributed by atoms with E-state index in [1.54, 1.807) is 6.92 Å². The molecule has 0 aliphatic rings. The highest BCUT2D eigenvalue weighted by molar-refractivity contribution is 5.81. The smallest absolute Gasteiger partial charge is 0.121 e. The van der Waals surface area contributed by atoms with Crippen LogP contribution < -0.4 is 10.1 Å². The molecule has 1 aromatic heterocycles. The van der Waals surface area contributed by atoms with Crippen LogP contribution >= 0.6 is 0 Å². The molecule has 158 valence electrons. The Bertz CT molecular complexity index is 842. The first-order valence-corrected chi connectivity index (χ1v) is 10.4. The zero-order valence-electron chi connectivity index (χ0n) is 17.8. The molecule has 5 heteroatoms. The van der Waals surface area contributed by atoms with E-state index in [1.807, 2.05) is 38.1 Å². The lowest BCUT2D eigenvalue weighted by Crippen LogP contribution is -2.49. The Kier molecular flexibility index (Phi) is 9.19. The molecule has 3 rings (SSSR count). The highest BCUT2D eigenvalue weighted by Gasteiger charge is 2.20. The predicted octanol–water partition coefficient (Wildman–Crippen LogP) is 3.62. The summed E-state index contributed by atoms with van der Waals surface area (Å²) in [7, 11) is 0. The Morgan fingerprint density at radius 3 is 2.41 bits per heavy atom. The zero-order valence-corrected chi connectivity index (χ0v) is 17.8. The van der Waals surface area contributed by atoms with Crippen molar-refractivity contribution in [1.29, 1.82) is 0 Å². The maximum absolute atomic E-state index is 9.37. The molecule has 0 fully saturated rings. The number of fused-ring (bicyclic) bond motifs is 1. The van der Waals surface area contributed by atoms with Crippen molar-refractivity contribution >= 4 is 10.9 Å². The number of rotatable bonds is 10. The second kappa shape index (κ2) is 11.6. The molecule has 0 saturated heterocycles. The number of ether oxygens (including phenoxy) is 1. The van der Waals surface area contributed by atoms with Crippen LogP contribution in [0.15, 0.2) is 60.8 Å². The first kappa shape index (κ1) is 22.9. The maximum Gasteiger partial charge on any atom is 0.121 e. The summed E-state index contributed by atoms with van der Waals surface area (Å²) in [6, 6.07) is 18.5. The lowest BCUT2D eigenvalue weighted by Gasteiger charge is -2.26. The van der Waals surface area contributed by atoms with E-state index in [0.29, 0.717) is 13.2 Å². The average Bonchev–Trinajstić information content (AvgIpc) is 3.18. The van der Waals surface area contributed by atoms with Crippen molar-refractivity contribution in [3.63, 3.8) is 0 Å². The van der Waals surface area contributed by atoms with Gasteiger partial charge < -0.3 is 24.8 Å². The van der Waals surface area contributed by atoms with Gasteiger partial charge in [0, 0.05) is 31.8 Å². The Hall–Kier alpha value is -2.34. The molecule has 0 bridgehead atoms. The quantitative estimate of drug-likeness (QED) is 0.488. The molecule has 3 N–H and O–H groups in total. The third kappa shape index (κ3) is 6.60. The minimum Gasteiger partial charge on any atom is -0.493 e. The number of aliphatic hydroxyl groups excluding tert-OH is 2. The van der Waals surface area contributed by atoms with E-state index >= 15 is 0 Å². The summed E-state index contributed by atoms with van der Waals surface area (Å²) in [4.78, 5) is 0. The number of nitrogens with zero attached hydrogens (tertiary/aromatic N) is 1. The fourth-order valence-electron chi connectivity index (χ4n) is 3.02. The molecule has 0 saturated carbocycles. The normalized spacial score (nSPS) is 11.2. The number of hydrogen-bond acceptors (Lipinski definition) is 4. The zero-order chi connectivity index (χ0) is 21.1. The van der Waals surface area contributed by atoms with E-state index in [1.165, 1.54) is 5.56 Å². The lowest BCUT2D eigenvalue weighted by atomic mass is 10.1. The summed E-state index contributed by atoms with van der Waals surface area (Å²) in [5.41, 5.74) is 1.72.